The first-order chi connectivity index (χ1) is 9.51. The largest absolute Gasteiger partial charge is 0.496 e. The quantitative estimate of drug-likeness (QED) is 0.919. The van der Waals surface area contributed by atoms with Crippen LogP contribution in [0.3, 0.4) is 0 Å². The first-order valence-electron chi connectivity index (χ1n) is 7.15. The van der Waals surface area contributed by atoms with Crippen molar-refractivity contribution in [3.8, 4) is 5.75 Å². The number of carboxylic acids is 1. The second-order valence-corrected chi connectivity index (χ2v) is 5.79. The summed E-state index contributed by atoms with van der Waals surface area (Å²) >= 11 is 0. The average molecular weight is 277 g/mol. The van der Waals surface area contributed by atoms with Gasteiger partial charge in [-0.05, 0) is 43.9 Å². The van der Waals surface area contributed by atoms with Crippen molar-refractivity contribution in [3.63, 3.8) is 0 Å². The summed E-state index contributed by atoms with van der Waals surface area (Å²) in [4.78, 5) is 13.5. The summed E-state index contributed by atoms with van der Waals surface area (Å²) in [5.74, 6) is 0.564. The highest BCUT2D eigenvalue weighted by Gasteiger charge is 2.24. The maximum Gasteiger partial charge on any atom is 0.335 e. The summed E-state index contributed by atoms with van der Waals surface area (Å²) in [5, 5.41) is 9.12. The number of likely N-dealkylation sites (tertiary alicyclic amines) is 1. The number of hydrogen-bond donors (Lipinski definition) is 1. The summed E-state index contributed by atoms with van der Waals surface area (Å²) in [7, 11) is 1.63. The van der Waals surface area contributed by atoms with Gasteiger partial charge in [-0.1, -0.05) is 6.92 Å². The number of piperidine rings is 1. The summed E-state index contributed by atoms with van der Waals surface area (Å²) in [6, 6.07) is 5.60. The zero-order valence-electron chi connectivity index (χ0n) is 12.4. The van der Waals surface area contributed by atoms with Crippen molar-refractivity contribution in [1.82, 2.24) is 4.90 Å². The van der Waals surface area contributed by atoms with Crippen LogP contribution in [0.5, 0.6) is 5.75 Å². The van der Waals surface area contributed by atoms with Gasteiger partial charge >= 0.3 is 5.97 Å². The highest BCUT2D eigenvalue weighted by Crippen LogP contribution is 2.27. The molecule has 1 aromatic carbocycles. The molecule has 1 aliphatic heterocycles. The number of aromatic carboxylic acids is 1. The Hall–Kier alpha value is -1.55. The Bertz CT molecular complexity index is 487. The fraction of sp³-hybridized carbons (Fsp3) is 0.562. The second kappa shape index (κ2) is 6.27. The van der Waals surface area contributed by atoms with Crippen LogP contribution in [-0.2, 0) is 6.54 Å². The van der Waals surface area contributed by atoms with Crippen LogP contribution in [0.25, 0.3) is 0 Å². The molecule has 0 aliphatic carbocycles. The van der Waals surface area contributed by atoms with Gasteiger partial charge in [0.1, 0.15) is 5.75 Å². The molecule has 1 saturated heterocycles. The zero-order chi connectivity index (χ0) is 14.7. The van der Waals surface area contributed by atoms with Crippen molar-refractivity contribution in [2.45, 2.75) is 39.3 Å². The van der Waals surface area contributed by atoms with Gasteiger partial charge in [0.2, 0.25) is 0 Å². The number of nitrogens with zero attached hydrogens (tertiary/aromatic N) is 1. The third-order valence-corrected chi connectivity index (χ3v) is 4.15. The number of methoxy groups -OCH3 is 1. The number of carbonyl (C=O) groups is 1. The molecule has 2 unspecified atom stereocenters. The summed E-state index contributed by atoms with van der Waals surface area (Å²) in [6.07, 6.45) is 2.46. The van der Waals surface area contributed by atoms with Gasteiger partial charge in [0.15, 0.2) is 0 Å². The highest BCUT2D eigenvalue weighted by atomic mass is 16.5. The zero-order valence-corrected chi connectivity index (χ0v) is 12.4. The van der Waals surface area contributed by atoms with Crippen molar-refractivity contribution in [2.24, 2.45) is 5.92 Å². The van der Waals surface area contributed by atoms with Crippen LogP contribution in [0.15, 0.2) is 18.2 Å². The molecule has 1 aromatic rings. The van der Waals surface area contributed by atoms with E-state index < -0.39 is 5.97 Å². The smallest absolute Gasteiger partial charge is 0.335 e. The van der Waals surface area contributed by atoms with E-state index in [0.29, 0.717) is 17.5 Å². The Labute approximate surface area is 120 Å². The fourth-order valence-electron chi connectivity index (χ4n) is 2.85. The molecular formula is C16H23NO3. The minimum Gasteiger partial charge on any atom is -0.496 e. The number of rotatable bonds is 4. The van der Waals surface area contributed by atoms with E-state index in [1.165, 1.54) is 12.8 Å². The molecular weight excluding hydrogens is 254 g/mol. The van der Waals surface area contributed by atoms with Crippen molar-refractivity contribution >= 4 is 5.97 Å². The molecule has 0 amide bonds. The SMILES string of the molecule is COc1ccc(C(=O)O)cc1CN1CC(C)CCC1C. The maximum absolute atomic E-state index is 11.1. The van der Waals surface area contributed by atoms with Gasteiger partial charge in [-0.25, -0.2) is 4.79 Å². The van der Waals surface area contributed by atoms with Crippen molar-refractivity contribution in [1.29, 1.82) is 0 Å². The van der Waals surface area contributed by atoms with Crippen LogP contribution < -0.4 is 4.74 Å². The van der Waals surface area contributed by atoms with Crippen LogP contribution in [-0.4, -0.2) is 35.7 Å². The molecule has 110 valence electrons. The van der Waals surface area contributed by atoms with Crippen LogP contribution in [0.1, 0.15) is 42.6 Å². The average Bonchev–Trinajstić information content (AvgIpc) is 2.42. The highest BCUT2D eigenvalue weighted by molar-refractivity contribution is 5.88. The van der Waals surface area contributed by atoms with E-state index in [1.54, 1.807) is 25.3 Å². The Morgan fingerprint density at radius 2 is 2.15 bits per heavy atom. The molecule has 4 nitrogen and oxygen atoms in total. The lowest BCUT2D eigenvalue weighted by Gasteiger charge is -2.37. The van der Waals surface area contributed by atoms with Gasteiger partial charge in [0.25, 0.3) is 0 Å². The first kappa shape index (κ1) is 14.9. The van der Waals surface area contributed by atoms with E-state index in [4.69, 9.17) is 9.84 Å². The number of benzene rings is 1. The molecule has 0 radical (unpaired) electrons. The van der Waals surface area contributed by atoms with Gasteiger partial charge in [0.05, 0.1) is 12.7 Å². The van der Waals surface area contributed by atoms with Gasteiger partial charge in [0, 0.05) is 24.7 Å². The van der Waals surface area contributed by atoms with E-state index in [2.05, 4.69) is 18.7 Å². The molecule has 20 heavy (non-hydrogen) atoms. The van der Waals surface area contributed by atoms with Gasteiger partial charge in [-0.3, -0.25) is 4.90 Å². The normalized spacial score (nSPS) is 23.6. The molecule has 0 saturated carbocycles. The molecule has 0 aromatic heterocycles. The molecule has 0 bridgehead atoms. The Balaban J connectivity index is 2.22. The van der Waals surface area contributed by atoms with Crippen molar-refractivity contribution in [2.75, 3.05) is 13.7 Å². The maximum atomic E-state index is 11.1. The van der Waals surface area contributed by atoms with Crippen LogP contribution in [0.2, 0.25) is 0 Å². The predicted molar refractivity (Wildman–Crippen MR) is 78.2 cm³/mol. The monoisotopic (exact) mass is 277 g/mol. The van der Waals surface area contributed by atoms with Gasteiger partial charge in [-0.2, -0.15) is 0 Å². The molecule has 4 heteroatoms. The van der Waals surface area contributed by atoms with E-state index in [0.717, 1.165) is 24.4 Å². The predicted octanol–water partition coefficient (Wildman–Crippen LogP) is 3.01. The van der Waals surface area contributed by atoms with Crippen molar-refractivity contribution < 1.29 is 14.6 Å². The third kappa shape index (κ3) is 3.31. The number of carboxylic acid groups (broad SMARTS) is 1. The summed E-state index contributed by atoms with van der Waals surface area (Å²) in [5.41, 5.74) is 1.27. The Morgan fingerprint density at radius 1 is 1.40 bits per heavy atom. The molecule has 0 spiro atoms. The number of hydrogen-bond acceptors (Lipinski definition) is 3. The van der Waals surface area contributed by atoms with Crippen LogP contribution >= 0.6 is 0 Å². The van der Waals surface area contributed by atoms with E-state index in [1.807, 2.05) is 0 Å². The topological polar surface area (TPSA) is 49.8 Å². The molecule has 1 heterocycles. The van der Waals surface area contributed by atoms with E-state index in [-0.39, 0.29) is 0 Å². The Morgan fingerprint density at radius 3 is 2.80 bits per heavy atom. The molecule has 1 N–H and O–H groups in total. The molecule has 2 atom stereocenters. The van der Waals surface area contributed by atoms with E-state index in [9.17, 15) is 4.79 Å². The van der Waals surface area contributed by atoms with Crippen molar-refractivity contribution in [3.05, 3.63) is 29.3 Å². The molecule has 2 rings (SSSR count). The lowest BCUT2D eigenvalue weighted by Crippen LogP contribution is -2.40. The minimum atomic E-state index is -0.894. The lowest BCUT2D eigenvalue weighted by molar-refractivity contribution is 0.0696. The minimum absolute atomic E-state index is 0.318. The molecule has 1 aliphatic rings. The number of ether oxygens (including phenoxy) is 1. The Kier molecular flexibility index (Phi) is 4.65. The summed E-state index contributed by atoms with van der Waals surface area (Å²) < 4.78 is 5.36. The van der Waals surface area contributed by atoms with Gasteiger partial charge < -0.3 is 9.84 Å². The fourth-order valence-corrected chi connectivity index (χ4v) is 2.85. The third-order valence-electron chi connectivity index (χ3n) is 4.15. The standard InChI is InChI=1S/C16H23NO3/c1-11-4-5-12(2)17(9-11)10-14-8-13(16(18)19)6-7-15(14)20-3/h6-8,11-12H,4-5,9-10H2,1-3H3,(H,18,19). The summed E-state index contributed by atoms with van der Waals surface area (Å²) in [6.45, 7) is 6.31. The second-order valence-electron chi connectivity index (χ2n) is 5.79. The lowest BCUT2D eigenvalue weighted by atomic mass is 9.94. The van der Waals surface area contributed by atoms with Gasteiger partial charge in [-0.15, -0.1) is 0 Å². The van der Waals surface area contributed by atoms with Crippen LogP contribution in [0.4, 0.5) is 0 Å². The van der Waals surface area contributed by atoms with Crippen LogP contribution in [0, 0.1) is 5.92 Å². The first-order valence-corrected chi connectivity index (χ1v) is 7.15. The van der Waals surface area contributed by atoms with E-state index >= 15 is 0 Å². The molecule has 1 fully saturated rings.